The van der Waals surface area contributed by atoms with E-state index in [1.807, 2.05) is 0 Å². The van der Waals surface area contributed by atoms with Crippen molar-refractivity contribution in [3.05, 3.63) is 18.1 Å². The Kier molecular flexibility index (Phi) is 3.39. The molecule has 6 heteroatoms. The summed E-state index contributed by atoms with van der Waals surface area (Å²) in [5, 5.41) is 3.60. The molecular weight excluding hydrogens is 174 g/mol. The second-order valence-corrected chi connectivity index (χ2v) is 2.34. The van der Waals surface area contributed by atoms with Gasteiger partial charge in [0.25, 0.3) is 0 Å². The van der Waals surface area contributed by atoms with E-state index in [0.29, 0.717) is 18.9 Å². The Bertz CT molecular complexity index is 284. The van der Waals surface area contributed by atoms with E-state index in [1.165, 1.54) is 0 Å². The molecule has 0 aromatic carbocycles. The molecule has 0 saturated carbocycles. The van der Waals surface area contributed by atoms with Gasteiger partial charge in [-0.3, -0.25) is 4.79 Å². The zero-order chi connectivity index (χ0) is 9.68. The van der Waals surface area contributed by atoms with Crippen molar-refractivity contribution < 1.29 is 14.1 Å². The molecule has 0 fully saturated rings. The summed E-state index contributed by atoms with van der Waals surface area (Å²) >= 11 is 0. The zero-order valence-corrected chi connectivity index (χ0v) is 7.19. The van der Waals surface area contributed by atoms with Crippen molar-refractivity contribution in [1.82, 2.24) is 10.1 Å². The minimum absolute atomic E-state index is 0.124. The molecule has 1 rings (SSSR count). The summed E-state index contributed by atoms with van der Waals surface area (Å²) in [6.07, 6.45) is 1.62. The highest BCUT2D eigenvalue weighted by Gasteiger charge is 2.08. The fourth-order valence-electron chi connectivity index (χ4n) is 0.743. The van der Waals surface area contributed by atoms with Gasteiger partial charge in [0.2, 0.25) is 11.8 Å². The molecule has 1 aromatic heterocycles. The van der Waals surface area contributed by atoms with Crippen LogP contribution in [-0.2, 0) is 16.0 Å². The van der Waals surface area contributed by atoms with Gasteiger partial charge in [-0.15, -0.1) is 0 Å². The van der Waals surface area contributed by atoms with Crippen molar-refractivity contribution >= 4 is 5.91 Å². The fourth-order valence-corrected chi connectivity index (χ4v) is 0.743. The van der Waals surface area contributed by atoms with Gasteiger partial charge in [0.05, 0.1) is 6.61 Å². The average molecular weight is 184 g/mol. The first-order chi connectivity index (χ1) is 6.22. The van der Waals surface area contributed by atoms with Crippen molar-refractivity contribution in [2.75, 3.05) is 13.7 Å². The minimum atomic E-state index is -0.609. The van der Waals surface area contributed by atoms with E-state index in [1.54, 1.807) is 7.11 Å². The van der Waals surface area contributed by atoms with Crippen LogP contribution in [0.4, 0.5) is 0 Å². The normalized spacial score (nSPS) is 10.2. The SMILES string of the molecule is COCCc1noc([CH]C(N)=O)n1. The Labute approximate surface area is 75.1 Å². The van der Waals surface area contributed by atoms with Gasteiger partial charge < -0.3 is 15.0 Å². The Morgan fingerprint density at radius 2 is 2.54 bits per heavy atom. The van der Waals surface area contributed by atoms with Crippen LogP contribution in [0.25, 0.3) is 0 Å². The van der Waals surface area contributed by atoms with Gasteiger partial charge in [0.1, 0.15) is 6.42 Å². The first-order valence-corrected chi connectivity index (χ1v) is 3.68. The number of nitrogens with zero attached hydrogens (tertiary/aromatic N) is 2. The molecule has 1 amide bonds. The van der Waals surface area contributed by atoms with Crippen LogP contribution < -0.4 is 5.73 Å². The van der Waals surface area contributed by atoms with E-state index in [9.17, 15) is 4.79 Å². The summed E-state index contributed by atoms with van der Waals surface area (Å²) < 4.78 is 9.51. The lowest BCUT2D eigenvalue weighted by molar-refractivity contribution is -0.114. The molecule has 1 aromatic rings. The van der Waals surface area contributed by atoms with E-state index >= 15 is 0 Å². The molecule has 2 N–H and O–H groups in total. The first-order valence-electron chi connectivity index (χ1n) is 3.68. The van der Waals surface area contributed by atoms with Crippen LogP contribution >= 0.6 is 0 Å². The van der Waals surface area contributed by atoms with Crippen LogP contribution in [0.5, 0.6) is 0 Å². The van der Waals surface area contributed by atoms with Gasteiger partial charge in [-0.2, -0.15) is 4.98 Å². The third-order valence-electron chi connectivity index (χ3n) is 1.28. The number of amides is 1. The number of methoxy groups -OCH3 is 1. The molecule has 0 saturated heterocycles. The second-order valence-electron chi connectivity index (χ2n) is 2.34. The zero-order valence-electron chi connectivity index (χ0n) is 7.19. The van der Waals surface area contributed by atoms with E-state index in [0.717, 1.165) is 6.42 Å². The largest absolute Gasteiger partial charge is 0.384 e. The van der Waals surface area contributed by atoms with Gasteiger partial charge in [-0.05, 0) is 0 Å². The Morgan fingerprint density at radius 3 is 3.15 bits per heavy atom. The second kappa shape index (κ2) is 4.56. The number of ether oxygens (including phenoxy) is 1. The topological polar surface area (TPSA) is 91.2 Å². The molecule has 71 valence electrons. The lowest BCUT2D eigenvalue weighted by Crippen LogP contribution is -2.11. The molecule has 0 bridgehead atoms. The van der Waals surface area contributed by atoms with Crippen LogP contribution in [0.3, 0.4) is 0 Å². The molecular formula is C7H10N3O3. The Balaban J connectivity index is 2.48. The number of primary amides is 1. The molecule has 1 radical (unpaired) electrons. The van der Waals surface area contributed by atoms with E-state index in [4.69, 9.17) is 15.0 Å². The third-order valence-corrected chi connectivity index (χ3v) is 1.28. The van der Waals surface area contributed by atoms with Crippen molar-refractivity contribution in [3.8, 4) is 0 Å². The molecule has 0 aliphatic rings. The number of aromatic nitrogens is 2. The fraction of sp³-hybridized carbons (Fsp3) is 0.429. The number of carbonyl (C=O) groups excluding carboxylic acids is 1. The van der Waals surface area contributed by atoms with Gasteiger partial charge in [0.15, 0.2) is 5.82 Å². The maximum Gasteiger partial charge on any atom is 0.240 e. The van der Waals surface area contributed by atoms with Gasteiger partial charge in [0, 0.05) is 13.5 Å². The third kappa shape index (κ3) is 3.20. The van der Waals surface area contributed by atoms with Crippen molar-refractivity contribution in [1.29, 1.82) is 0 Å². The monoisotopic (exact) mass is 184 g/mol. The van der Waals surface area contributed by atoms with Crippen molar-refractivity contribution in [2.45, 2.75) is 6.42 Å². The maximum absolute atomic E-state index is 10.4. The Morgan fingerprint density at radius 1 is 1.77 bits per heavy atom. The van der Waals surface area contributed by atoms with Crippen LogP contribution in [0.2, 0.25) is 0 Å². The lowest BCUT2D eigenvalue weighted by atomic mass is 10.4. The van der Waals surface area contributed by atoms with Crippen molar-refractivity contribution in [2.24, 2.45) is 5.73 Å². The predicted octanol–water partition coefficient (Wildman–Crippen LogP) is -0.704. The molecule has 0 spiro atoms. The van der Waals surface area contributed by atoms with Gasteiger partial charge in [-0.25, -0.2) is 0 Å². The molecule has 0 atom stereocenters. The lowest BCUT2D eigenvalue weighted by Gasteiger charge is -1.90. The molecule has 13 heavy (non-hydrogen) atoms. The molecule has 0 aliphatic heterocycles. The number of rotatable bonds is 5. The first kappa shape index (κ1) is 9.66. The summed E-state index contributed by atoms with van der Waals surface area (Å²) in [6.45, 7) is 0.509. The molecule has 6 nitrogen and oxygen atoms in total. The highest BCUT2D eigenvalue weighted by molar-refractivity contribution is 5.85. The Hall–Kier alpha value is -1.43. The summed E-state index contributed by atoms with van der Waals surface area (Å²) in [4.78, 5) is 14.3. The molecule has 1 heterocycles. The standard InChI is InChI=1S/C7H10N3O3/c1-12-3-2-6-9-7(13-10-6)4-5(8)11/h4H,2-3H2,1H3,(H2,8,11). The molecule has 0 aliphatic carbocycles. The summed E-state index contributed by atoms with van der Waals surface area (Å²) in [6, 6.07) is 0. The smallest absolute Gasteiger partial charge is 0.240 e. The van der Waals surface area contributed by atoms with Crippen LogP contribution in [0.15, 0.2) is 4.52 Å². The summed E-state index contributed by atoms with van der Waals surface area (Å²) in [7, 11) is 1.58. The van der Waals surface area contributed by atoms with Crippen LogP contribution in [0.1, 0.15) is 11.7 Å². The van der Waals surface area contributed by atoms with Crippen molar-refractivity contribution in [3.63, 3.8) is 0 Å². The average Bonchev–Trinajstić information content (AvgIpc) is 2.48. The van der Waals surface area contributed by atoms with E-state index in [-0.39, 0.29) is 5.89 Å². The summed E-state index contributed by atoms with van der Waals surface area (Å²) in [5.74, 6) is 0.00916. The number of carbonyl (C=O) groups is 1. The van der Waals surface area contributed by atoms with Gasteiger partial charge >= 0.3 is 0 Å². The number of nitrogens with two attached hydrogens (primary N) is 1. The predicted molar refractivity (Wildman–Crippen MR) is 42.5 cm³/mol. The quantitative estimate of drug-likeness (QED) is 0.653. The maximum atomic E-state index is 10.4. The highest BCUT2D eigenvalue weighted by atomic mass is 16.5. The summed E-state index contributed by atoms with van der Waals surface area (Å²) in [5.41, 5.74) is 4.89. The molecule has 0 unspecified atom stereocenters. The van der Waals surface area contributed by atoms with Crippen LogP contribution in [0, 0.1) is 6.42 Å². The van der Waals surface area contributed by atoms with Crippen LogP contribution in [-0.4, -0.2) is 29.8 Å². The van der Waals surface area contributed by atoms with E-state index in [2.05, 4.69) is 10.1 Å². The highest BCUT2D eigenvalue weighted by Crippen LogP contribution is 2.00. The number of hydrogen-bond acceptors (Lipinski definition) is 5. The minimum Gasteiger partial charge on any atom is -0.384 e. The number of hydrogen-bond donors (Lipinski definition) is 1. The van der Waals surface area contributed by atoms with E-state index < -0.39 is 5.91 Å². The van der Waals surface area contributed by atoms with Gasteiger partial charge in [-0.1, -0.05) is 5.16 Å².